The molecule has 1 aliphatic rings. The van der Waals surface area contributed by atoms with Crippen molar-refractivity contribution >= 4 is 46.5 Å². The number of benzene rings is 2. The molecule has 2 aromatic carbocycles. The molecule has 2 aromatic rings. The molecular weight excluding hydrogens is 460 g/mol. The predicted octanol–water partition coefficient (Wildman–Crippen LogP) is 3.48. The molecule has 0 atom stereocenters. The monoisotopic (exact) mass is 484 g/mol. The molecule has 0 spiro atoms. The lowest BCUT2D eigenvalue weighted by Crippen LogP contribution is -2.34. The van der Waals surface area contributed by atoms with E-state index in [1.807, 2.05) is 24.3 Å². The summed E-state index contributed by atoms with van der Waals surface area (Å²) < 4.78 is 15.5. The number of nitrogens with zero attached hydrogens (tertiary/aromatic N) is 1. The number of amides is 3. The van der Waals surface area contributed by atoms with E-state index in [1.165, 1.54) is 25.9 Å². The van der Waals surface area contributed by atoms with Crippen LogP contribution in [-0.2, 0) is 25.5 Å². The summed E-state index contributed by atoms with van der Waals surface area (Å²) in [5.74, 6) is -0.899. The minimum absolute atomic E-state index is 0.165. The third-order valence-corrected chi connectivity index (χ3v) is 5.79. The van der Waals surface area contributed by atoms with Crippen molar-refractivity contribution < 1.29 is 33.4 Å². The van der Waals surface area contributed by atoms with Gasteiger partial charge in [0.25, 0.3) is 17.1 Å². The number of carbonyl (C=O) groups excluding carboxylic acids is 4. The van der Waals surface area contributed by atoms with E-state index in [4.69, 9.17) is 9.47 Å². The van der Waals surface area contributed by atoms with Gasteiger partial charge < -0.3 is 19.5 Å². The summed E-state index contributed by atoms with van der Waals surface area (Å²) in [6, 6.07) is 12.4. The molecule has 0 unspecified atom stereocenters. The summed E-state index contributed by atoms with van der Waals surface area (Å²) in [6.45, 7) is 1.39. The molecule has 178 valence electrons. The van der Waals surface area contributed by atoms with Crippen molar-refractivity contribution in [2.75, 3.05) is 32.7 Å². The number of imide groups is 1. The van der Waals surface area contributed by atoms with E-state index < -0.39 is 23.7 Å². The van der Waals surface area contributed by atoms with E-state index >= 15 is 0 Å². The number of methoxy groups -OCH3 is 2. The lowest BCUT2D eigenvalue weighted by molar-refractivity contribution is -0.143. The van der Waals surface area contributed by atoms with Gasteiger partial charge in [0.15, 0.2) is 18.1 Å². The zero-order chi connectivity index (χ0) is 24.7. The van der Waals surface area contributed by atoms with E-state index in [-0.39, 0.29) is 17.4 Å². The average Bonchev–Trinajstić information content (AvgIpc) is 3.10. The van der Waals surface area contributed by atoms with Gasteiger partial charge in [-0.3, -0.25) is 24.1 Å². The van der Waals surface area contributed by atoms with Gasteiger partial charge in [-0.1, -0.05) is 25.1 Å². The smallest absolute Gasteiger partial charge is 0.325 e. The molecule has 3 amide bonds. The van der Waals surface area contributed by atoms with Gasteiger partial charge >= 0.3 is 5.97 Å². The van der Waals surface area contributed by atoms with Crippen molar-refractivity contribution in [3.8, 4) is 11.5 Å². The number of ether oxygens (including phenoxy) is 3. The zero-order valence-corrected chi connectivity index (χ0v) is 19.8. The SMILES string of the molecule is CCc1ccc(NC(=O)COc2ccc(/C=C3\SC(=O)N(CC(=O)OC)C3=O)cc2OC)cc1. The van der Waals surface area contributed by atoms with Crippen LogP contribution in [0.25, 0.3) is 6.08 Å². The first-order valence-corrected chi connectivity index (χ1v) is 11.2. The minimum Gasteiger partial charge on any atom is -0.493 e. The number of anilines is 1. The number of nitrogens with one attached hydrogen (secondary N) is 1. The van der Waals surface area contributed by atoms with Crippen LogP contribution in [-0.4, -0.2) is 55.3 Å². The maximum atomic E-state index is 12.5. The van der Waals surface area contributed by atoms with Crippen LogP contribution in [0.1, 0.15) is 18.1 Å². The topological polar surface area (TPSA) is 111 Å². The number of rotatable bonds is 9. The molecule has 1 fully saturated rings. The van der Waals surface area contributed by atoms with E-state index in [0.717, 1.165) is 23.1 Å². The highest BCUT2D eigenvalue weighted by Crippen LogP contribution is 2.34. The molecule has 1 aliphatic heterocycles. The largest absolute Gasteiger partial charge is 0.493 e. The number of thioether (sulfide) groups is 1. The van der Waals surface area contributed by atoms with E-state index in [0.29, 0.717) is 22.7 Å². The molecule has 1 N–H and O–H groups in total. The van der Waals surface area contributed by atoms with Crippen LogP contribution in [0.3, 0.4) is 0 Å². The van der Waals surface area contributed by atoms with Gasteiger partial charge in [-0.2, -0.15) is 0 Å². The minimum atomic E-state index is -0.686. The van der Waals surface area contributed by atoms with Crippen molar-refractivity contribution in [2.24, 2.45) is 0 Å². The van der Waals surface area contributed by atoms with Gasteiger partial charge in [0.2, 0.25) is 0 Å². The van der Waals surface area contributed by atoms with Crippen molar-refractivity contribution in [3.63, 3.8) is 0 Å². The van der Waals surface area contributed by atoms with Crippen molar-refractivity contribution in [3.05, 3.63) is 58.5 Å². The Morgan fingerprint density at radius 2 is 1.79 bits per heavy atom. The molecular formula is C24H24N2O7S. The molecule has 1 heterocycles. The third-order valence-electron chi connectivity index (χ3n) is 4.88. The maximum absolute atomic E-state index is 12.5. The summed E-state index contributed by atoms with van der Waals surface area (Å²) in [5, 5.41) is 2.22. The third kappa shape index (κ3) is 6.16. The highest BCUT2D eigenvalue weighted by molar-refractivity contribution is 8.18. The van der Waals surface area contributed by atoms with Crippen molar-refractivity contribution in [2.45, 2.75) is 13.3 Å². The summed E-state index contributed by atoms with van der Waals surface area (Å²) >= 11 is 0.730. The highest BCUT2D eigenvalue weighted by Gasteiger charge is 2.36. The number of hydrogen-bond donors (Lipinski definition) is 1. The van der Waals surface area contributed by atoms with Crippen LogP contribution >= 0.6 is 11.8 Å². The van der Waals surface area contributed by atoms with Gasteiger partial charge in [0.05, 0.1) is 19.1 Å². The van der Waals surface area contributed by atoms with Crippen molar-refractivity contribution in [1.29, 1.82) is 0 Å². The second-order valence-electron chi connectivity index (χ2n) is 7.14. The van der Waals surface area contributed by atoms with Crippen LogP contribution in [0.2, 0.25) is 0 Å². The van der Waals surface area contributed by atoms with Crippen LogP contribution in [0.15, 0.2) is 47.4 Å². The Kier molecular flexibility index (Phi) is 8.31. The number of aryl methyl sites for hydroxylation is 1. The molecule has 0 aromatic heterocycles. The Hall–Kier alpha value is -3.79. The second kappa shape index (κ2) is 11.4. The van der Waals surface area contributed by atoms with Crippen LogP contribution in [0, 0.1) is 0 Å². The molecule has 1 saturated heterocycles. The first-order valence-electron chi connectivity index (χ1n) is 10.4. The molecule has 10 heteroatoms. The first kappa shape index (κ1) is 24.8. The van der Waals surface area contributed by atoms with Crippen LogP contribution in [0.4, 0.5) is 10.5 Å². The number of hydrogen-bond acceptors (Lipinski definition) is 8. The highest BCUT2D eigenvalue weighted by atomic mass is 32.2. The van der Waals surface area contributed by atoms with Gasteiger partial charge in [-0.15, -0.1) is 0 Å². The van der Waals surface area contributed by atoms with Crippen molar-refractivity contribution in [1.82, 2.24) is 4.90 Å². The second-order valence-corrected chi connectivity index (χ2v) is 8.13. The molecule has 0 saturated carbocycles. The van der Waals surface area contributed by atoms with E-state index in [1.54, 1.807) is 18.2 Å². The summed E-state index contributed by atoms with van der Waals surface area (Å²) in [4.78, 5) is 49.2. The van der Waals surface area contributed by atoms with Gasteiger partial charge in [-0.25, -0.2) is 0 Å². The standard InChI is InChI=1S/C24H24N2O7S/c1-4-15-5-8-17(9-6-15)25-21(27)14-33-18-10-7-16(11-19(18)31-2)12-20-23(29)26(24(30)34-20)13-22(28)32-3/h5-12H,4,13-14H2,1-3H3,(H,25,27)/b20-12-. The number of carbonyl (C=O) groups is 4. The van der Waals surface area contributed by atoms with Crippen LogP contribution < -0.4 is 14.8 Å². The Morgan fingerprint density at radius 3 is 2.44 bits per heavy atom. The average molecular weight is 485 g/mol. The Labute approximate surface area is 201 Å². The Morgan fingerprint density at radius 1 is 1.06 bits per heavy atom. The maximum Gasteiger partial charge on any atom is 0.325 e. The van der Waals surface area contributed by atoms with E-state index in [9.17, 15) is 19.2 Å². The predicted molar refractivity (Wildman–Crippen MR) is 128 cm³/mol. The summed E-state index contributed by atoms with van der Waals surface area (Å²) in [6.07, 6.45) is 2.43. The van der Waals surface area contributed by atoms with Gasteiger partial charge in [0, 0.05) is 5.69 Å². The quantitative estimate of drug-likeness (QED) is 0.425. The molecule has 3 rings (SSSR count). The normalized spacial score (nSPS) is 14.3. The lowest BCUT2D eigenvalue weighted by atomic mass is 10.1. The van der Waals surface area contributed by atoms with Gasteiger partial charge in [0.1, 0.15) is 6.54 Å². The van der Waals surface area contributed by atoms with Crippen LogP contribution in [0.5, 0.6) is 11.5 Å². The molecule has 34 heavy (non-hydrogen) atoms. The lowest BCUT2D eigenvalue weighted by Gasteiger charge is -2.12. The molecule has 9 nitrogen and oxygen atoms in total. The first-order chi connectivity index (χ1) is 16.3. The summed E-state index contributed by atoms with van der Waals surface area (Å²) in [7, 11) is 2.63. The fourth-order valence-corrected chi connectivity index (χ4v) is 3.88. The van der Waals surface area contributed by atoms with Gasteiger partial charge in [-0.05, 0) is 59.7 Å². The fourth-order valence-electron chi connectivity index (χ4n) is 3.04. The Bertz CT molecular complexity index is 1130. The molecule has 0 radical (unpaired) electrons. The Balaban J connectivity index is 1.65. The zero-order valence-electron chi connectivity index (χ0n) is 19.0. The molecule has 0 aliphatic carbocycles. The number of esters is 1. The molecule has 0 bridgehead atoms. The summed E-state index contributed by atoms with van der Waals surface area (Å²) in [5.41, 5.74) is 2.43. The van der Waals surface area contributed by atoms with E-state index in [2.05, 4.69) is 17.0 Å². The fraction of sp³-hybridized carbons (Fsp3) is 0.250.